The quantitative estimate of drug-likeness (QED) is 0.168. The van der Waals surface area contributed by atoms with Crippen LogP contribution in [0.3, 0.4) is 0 Å². The summed E-state index contributed by atoms with van der Waals surface area (Å²) in [6.45, 7) is 12.1. The molecule has 3 aromatic carbocycles. The molecule has 2 N–H and O–H groups in total. The molecule has 0 fully saturated rings. The number of aliphatic carboxylic acids is 1. The SMILES string of the molecule is CC(C)(C)O.CSN1Cc2ccc(Oc3ccnc(Cl)c3)cc2-c2c(C)c(-c3ccc(C)cc3)c(CC(=O)O)c(C)c21. The van der Waals surface area contributed by atoms with Crippen molar-refractivity contribution in [2.45, 2.75) is 60.1 Å². The lowest BCUT2D eigenvalue weighted by Gasteiger charge is -2.36. The summed E-state index contributed by atoms with van der Waals surface area (Å²) in [6.07, 6.45) is 3.64. The molecule has 4 aromatic rings. The van der Waals surface area contributed by atoms with Crippen LogP contribution in [-0.2, 0) is 17.8 Å². The minimum Gasteiger partial charge on any atom is -0.481 e. The zero-order chi connectivity index (χ0) is 30.8. The van der Waals surface area contributed by atoms with Crippen LogP contribution in [0.5, 0.6) is 11.5 Å². The molecule has 1 aliphatic heterocycles. The lowest BCUT2D eigenvalue weighted by molar-refractivity contribution is -0.136. The number of pyridine rings is 1. The second-order valence-corrected chi connectivity index (χ2v) is 12.6. The fourth-order valence-electron chi connectivity index (χ4n) is 5.13. The summed E-state index contributed by atoms with van der Waals surface area (Å²) < 4.78 is 8.40. The monoisotopic (exact) mass is 604 g/mol. The highest BCUT2D eigenvalue weighted by Gasteiger charge is 2.30. The fourth-order valence-corrected chi connectivity index (χ4v) is 5.98. The Kier molecular flexibility index (Phi) is 9.56. The predicted octanol–water partition coefficient (Wildman–Crippen LogP) is 8.79. The van der Waals surface area contributed by atoms with E-state index in [-0.39, 0.29) is 6.42 Å². The van der Waals surface area contributed by atoms with Gasteiger partial charge in [0.05, 0.1) is 24.3 Å². The molecule has 5 rings (SSSR count). The highest BCUT2D eigenvalue weighted by molar-refractivity contribution is 7.99. The van der Waals surface area contributed by atoms with E-state index in [0.717, 1.165) is 50.2 Å². The zero-order valence-corrected chi connectivity index (χ0v) is 26.7. The molecule has 0 atom stereocenters. The molecule has 0 amide bonds. The maximum absolute atomic E-state index is 12.0. The topological polar surface area (TPSA) is 82.9 Å². The summed E-state index contributed by atoms with van der Waals surface area (Å²) >= 11 is 7.71. The summed E-state index contributed by atoms with van der Waals surface area (Å²) in [5, 5.41) is 18.7. The normalized spacial score (nSPS) is 12.2. The summed E-state index contributed by atoms with van der Waals surface area (Å²) in [6, 6.07) is 17.9. The molecule has 0 unspecified atom stereocenters. The van der Waals surface area contributed by atoms with Gasteiger partial charge < -0.3 is 19.3 Å². The van der Waals surface area contributed by atoms with Gasteiger partial charge in [-0.2, -0.15) is 0 Å². The number of aromatic nitrogens is 1. The Morgan fingerprint density at radius 3 is 2.24 bits per heavy atom. The summed E-state index contributed by atoms with van der Waals surface area (Å²) in [4.78, 5) is 16.0. The van der Waals surface area contributed by atoms with E-state index in [4.69, 9.17) is 21.4 Å². The Labute approximate surface area is 257 Å². The van der Waals surface area contributed by atoms with Crippen LogP contribution in [0.2, 0.25) is 5.15 Å². The van der Waals surface area contributed by atoms with Crippen molar-refractivity contribution in [3.05, 3.63) is 93.8 Å². The molecule has 0 saturated carbocycles. The third-order valence-corrected chi connectivity index (χ3v) is 7.79. The second-order valence-electron chi connectivity index (χ2n) is 11.4. The number of rotatable bonds is 6. The molecule has 0 bridgehead atoms. The molecule has 8 heteroatoms. The minimum atomic E-state index is -0.838. The van der Waals surface area contributed by atoms with Crippen LogP contribution >= 0.6 is 23.5 Å². The number of hydrogen-bond donors (Lipinski definition) is 2. The number of carboxylic acids is 1. The second kappa shape index (κ2) is 12.8. The van der Waals surface area contributed by atoms with Gasteiger partial charge in [0.2, 0.25) is 0 Å². The van der Waals surface area contributed by atoms with Crippen molar-refractivity contribution in [1.82, 2.24) is 4.98 Å². The van der Waals surface area contributed by atoms with Crippen molar-refractivity contribution in [3.8, 4) is 33.8 Å². The van der Waals surface area contributed by atoms with E-state index < -0.39 is 11.6 Å². The number of carbonyl (C=O) groups is 1. The van der Waals surface area contributed by atoms with Gasteiger partial charge in [0, 0.05) is 24.1 Å². The first-order chi connectivity index (χ1) is 19.8. The molecule has 0 aliphatic carbocycles. The Hall–Kier alpha value is -3.52. The van der Waals surface area contributed by atoms with E-state index in [2.05, 4.69) is 65.8 Å². The number of ether oxygens (including phenoxy) is 1. The van der Waals surface area contributed by atoms with Gasteiger partial charge in [-0.1, -0.05) is 59.4 Å². The molecule has 2 heterocycles. The Bertz CT molecular complexity index is 1610. The number of carboxylic acid groups (broad SMARTS) is 1. The van der Waals surface area contributed by atoms with Crippen LogP contribution in [0.4, 0.5) is 5.69 Å². The Morgan fingerprint density at radius 1 is 1.00 bits per heavy atom. The van der Waals surface area contributed by atoms with Gasteiger partial charge in [0.25, 0.3) is 0 Å². The first-order valence-electron chi connectivity index (χ1n) is 13.7. The molecule has 1 aromatic heterocycles. The van der Waals surface area contributed by atoms with Crippen molar-refractivity contribution in [2.75, 3.05) is 10.6 Å². The van der Waals surface area contributed by atoms with Crippen molar-refractivity contribution in [1.29, 1.82) is 0 Å². The standard InChI is InChI=1S/C30H27ClN2O3S.C4H10O/c1-17-5-7-20(8-6-17)28-19(3)29-25-13-22(36-23-11-12-32-26(31)14-23)10-9-21(25)16-33(37-4)30(29)18(2)24(28)15-27(34)35;1-4(2,3)5/h5-14H,15-16H2,1-4H3,(H,34,35);5H,1-3H3. The smallest absolute Gasteiger partial charge is 0.307 e. The van der Waals surface area contributed by atoms with Crippen LogP contribution in [0.1, 0.15) is 48.6 Å². The molecule has 1 aliphatic rings. The Balaban J connectivity index is 0.000000748. The summed E-state index contributed by atoms with van der Waals surface area (Å²) in [5.74, 6) is 0.481. The van der Waals surface area contributed by atoms with Gasteiger partial charge in [0.1, 0.15) is 16.7 Å². The number of halogens is 1. The summed E-state index contributed by atoms with van der Waals surface area (Å²) in [7, 11) is 0. The van der Waals surface area contributed by atoms with Crippen LogP contribution in [0.15, 0.2) is 60.8 Å². The molecular weight excluding hydrogens is 568 g/mol. The summed E-state index contributed by atoms with van der Waals surface area (Å²) in [5.41, 5.74) is 10.0. The molecule has 42 heavy (non-hydrogen) atoms. The van der Waals surface area contributed by atoms with Crippen molar-refractivity contribution in [3.63, 3.8) is 0 Å². The lowest BCUT2D eigenvalue weighted by Crippen LogP contribution is -2.22. The average molecular weight is 605 g/mol. The Morgan fingerprint density at radius 2 is 1.64 bits per heavy atom. The van der Waals surface area contributed by atoms with Crippen molar-refractivity contribution in [2.24, 2.45) is 0 Å². The van der Waals surface area contributed by atoms with Crippen LogP contribution in [0.25, 0.3) is 22.3 Å². The number of aryl methyl sites for hydroxylation is 1. The van der Waals surface area contributed by atoms with E-state index in [9.17, 15) is 9.90 Å². The minimum absolute atomic E-state index is 0.0375. The largest absolute Gasteiger partial charge is 0.481 e. The highest BCUT2D eigenvalue weighted by Crippen LogP contribution is 2.51. The number of hydrogen-bond acceptors (Lipinski definition) is 6. The van der Waals surface area contributed by atoms with E-state index >= 15 is 0 Å². The maximum Gasteiger partial charge on any atom is 0.307 e. The number of fused-ring (bicyclic) bond motifs is 3. The van der Waals surface area contributed by atoms with Gasteiger partial charge in [-0.25, -0.2) is 4.98 Å². The molecule has 6 nitrogen and oxygen atoms in total. The predicted molar refractivity (Wildman–Crippen MR) is 174 cm³/mol. The molecule has 0 radical (unpaired) electrons. The third-order valence-electron chi connectivity index (χ3n) is 6.83. The van der Waals surface area contributed by atoms with E-state index in [1.165, 1.54) is 5.56 Å². The molecule has 220 valence electrons. The average Bonchev–Trinajstić information content (AvgIpc) is 2.90. The lowest BCUT2D eigenvalue weighted by atomic mass is 9.81. The number of benzene rings is 3. The number of nitrogens with zero attached hydrogens (tertiary/aromatic N) is 2. The van der Waals surface area contributed by atoms with Crippen LogP contribution in [0, 0.1) is 20.8 Å². The van der Waals surface area contributed by atoms with Gasteiger partial charge in [-0.15, -0.1) is 0 Å². The van der Waals surface area contributed by atoms with Gasteiger partial charge in [-0.3, -0.25) is 4.79 Å². The first-order valence-corrected chi connectivity index (χ1v) is 15.2. The van der Waals surface area contributed by atoms with Crippen LogP contribution in [-0.4, -0.2) is 33.0 Å². The zero-order valence-electron chi connectivity index (χ0n) is 25.1. The number of anilines is 1. The van der Waals surface area contributed by atoms with Gasteiger partial charge in [0.15, 0.2) is 0 Å². The molecule has 0 spiro atoms. The van der Waals surface area contributed by atoms with E-state index in [1.807, 2.05) is 13.0 Å². The highest BCUT2D eigenvalue weighted by atomic mass is 35.5. The molecule has 0 saturated heterocycles. The number of aliphatic hydroxyl groups is 1. The van der Waals surface area contributed by atoms with Crippen molar-refractivity contribution < 1.29 is 19.7 Å². The van der Waals surface area contributed by atoms with Gasteiger partial charge >= 0.3 is 5.97 Å². The van der Waals surface area contributed by atoms with E-state index in [1.54, 1.807) is 51.0 Å². The van der Waals surface area contributed by atoms with Crippen LogP contribution < -0.4 is 9.04 Å². The fraction of sp³-hybridized carbons (Fsp3) is 0.294. The van der Waals surface area contributed by atoms with Crippen molar-refractivity contribution >= 4 is 35.2 Å². The van der Waals surface area contributed by atoms with Gasteiger partial charge in [-0.05, 0) is 98.7 Å². The third kappa shape index (κ3) is 7.27. The van der Waals surface area contributed by atoms with E-state index in [0.29, 0.717) is 23.2 Å². The molecular formula is C34H37ClN2O4S. The maximum atomic E-state index is 12.0. The first kappa shape index (κ1) is 31.4.